The van der Waals surface area contributed by atoms with Crippen LogP contribution in [0.2, 0.25) is 0 Å². The molecule has 0 aliphatic heterocycles. The molecule has 1 heterocycles. The second kappa shape index (κ2) is 4.28. The number of hydrogen-bond donors (Lipinski definition) is 1. The van der Waals surface area contributed by atoms with Crippen molar-refractivity contribution in [3.05, 3.63) is 28.7 Å². The third-order valence-corrected chi connectivity index (χ3v) is 2.90. The highest BCUT2D eigenvalue weighted by atomic mass is 16.4. The van der Waals surface area contributed by atoms with E-state index in [4.69, 9.17) is 9.68 Å². The Morgan fingerprint density at radius 3 is 2.79 bits per heavy atom. The lowest BCUT2D eigenvalue weighted by atomic mass is 9.94. The van der Waals surface area contributed by atoms with Crippen molar-refractivity contribution in [1.82, 2.24) is 4.57 Å². The number of rotatable bonds is 2. The van der Waals surface area contributed by atoms with Crippen LogP contribution in [-0.4, -0.2) is 10.5 Å². The van der Waals surface area contributed by atoms with Crippen LogP contribution in [0, 0.1) is 16.7 Å². The zero-order valence-electron chi connectivity index (χ0n) is 10.9. The fourth-order valence-electron chi connectivity index (χ4n) is 1.55. The molecule has 0 spiro atoms. The minimum absolute atomic E-state index is 0.389. The van der Waals surface area contributed by atoms with Crippen molar-refractivity contribution < 1.29 is 9.21 Å². The number of nitriles is 1. The van der Waals surface area contributed by atoms with Crippen molar-refractivity contribution in [1.29, 1.82) is 5.26 Å². The lowest BCUT2D eigenvalue weighted by molar-refractivity contribution is -0.121. The normalized spacial score (nSPS) is 11.3. The summed E-state index contributed by atoms with van der Waals surface area (Å²) in [4.78, 5) is 23.2. The maximum absolute atomic E-state index is 11.8. The van der Waals surface area contributed by atoms with Crippen LogP contribution in [0.5, 0.6) is 0 Å². The van der Waals surface area contributed by atoms with Crippen molar-refractivity contribution in [2.24, 2.45) is 12.5 Å². The predicted molar refractivity (Wildman–Crippen MR) is 69.5 cm³/mol. The van der Waals surface area contributed by atoms with Gasteiger partial charge in [0.25, 0.3) is 0 Å². The first-order valence-corrected chi connectivity index (χ1v) is 5.67. The van der Waals surface area contributed by atoms with Crippen LogP contribution in [0.3, 0.4) is 0 Å². The fraction of sp³-hybridized carbons (Fsp3) is 0.308. The molecule has 6 nitrogen and oxygen atoms in total. The van der Waals surface area contributed by atoms with E-state index >= 15 is 0 Å². The number of aryl methyl sites for hydroxylation is 1. The highest BCUT2D eigenvalue weighted by molar-refractivity contribution is 5.97. The lowest BCUT2D eigenvalue weighted by Crippen LogP contribution is -2.29. The molecule has 0 saturated heterocycles. The minimum Gasteiger partial charge on any atom is -0.408 e. The van der Waals surface area contributed by atoms with Crippen molar-refractivity contribution >= 4 is 22.7 Å². The van der Waals surface area contributed by atoms with Gasteiger partial charge in [0.1, 0.15) is 5.41 Å². The van der Waals surface area contributed by atoms with Gasteiger partial charge in [-0.25, -0.2) is 4.79 Å². The van der Waals surface area contributed by atoms with Crippen molar-refractivity contribution in [3.8, 4) is 6.07 Å². The second-order valence-electron chi connectivity index (χ2n) is 4.80. The molecule has 0 unspecified atom stereocenters. The summed E-state index contributed by atoms with van der Waals surface area (Å²) in [5.41, 5.74) is 0.393. The van der Waals surface area contributed by atoms with E-state index < -0.39 is 17.1 Å². The van der Waals surface area contributed by atoms with E-state index in [9.17, 15) is 9.59 Å². The summed E-state index contributed by atoms with van der Waals surface area (Å²) >= 11 is 0. The summed E-state index contributed by atoms with van der Waals surface area (Å²) in [7, 11) is 1.60. The zero-order chi connectivity index (χ0) is 14.2. The fourth-order valence-corrected chi connectivity index (χ4v) is 1.55. The standard InChI is InChI=1S/C13H13N3O3/c1-13(2,7-14)11(17)15-8-4-5-9-10(6-8)19-12(18)16(9)3/h4-6H,1-3H3,(H,15,17). The molecule has 0 aliphatic rings. The largest absolute Gasteiger partial charge is 0.419 e. The van der Waals surface area contributed by atoms with Gasteiger partial charge in [0, 0.05) is 18.8 Å². The third-order valence-electron chi connectivity index (χ3n) is 2.90. The molecule has 0 radical (unpaired) electrons. The smallest absolute Gasteiger partial charge is 0.408 e. The number of fused-ring (bicyclic) bond motifs is 1. The second-order valence-corrected chi connectivity index (χ2v) is 4.80. The summed E-state index contributed by atoms with van der Waals surface area (Å²) in [6, 6.07) is 6.81. The number of nitrogens with zero attached hydrogens (tertiary/aromatic N) is 2. The van der Waals surface area contributed by atoms with Gasteiger partial charge in [-0.3, -0.25) is 9.36 Å². The summed E-state index contributed by atoms with van der Waals surface area (Å²) < 4.78 is 6.40. The van der Waals surface area contributed by atoms with Crippen molar-refractivity contribution in [2.75, 3.05) is 5.32 Å². The maximum Gasteiger partial charge on any atom is 0.419 e. The highest BCUT2D eigenvalue weighted by Crippen LogP contribution is 2.21. The molecule has 2 rings (SSSR count). The molecule has 19 heavy (non-hydrogen) atoms. The van der Waals surface area contributed by atoms with Gasteiger partial charge < -0.3 is 9.73 Å². The zero-order valence-corrected chi connectivity index (χ0v) is 10.9. The van der Waals surface area contributed by atoms with Gasteiger partial charge in [-0.15, -0.1) is 0 Å². The number of benzene rings is 1. The molecule has 0 aliphatic carbocycles. The molecule has 98 valence electrons. The van der Waals surface area contributed by atoms with Gasteiger partial charge in [0.15, 0.2) is 5.58 Å². The Bertz CT molecular complexity index is 747. The molecule has 1 amide bonds. The van der Waals surface area contributed by atoms with E-state index in [1.165, 1.54) is 18.4 Å². The van der Waals surface area contributed by atoms with Crippen LogP contribution in [0.1, 0.15) is 13.8 Å². The first kappa shape index (κ1) is 12.9. The number of aromatic nitrogens is 1. The van der Waals surface area contributed by atoms with E-state index in [2.05, 4.69) is 5.32 Å². The van der Waals surface area contributed by atoms with Crippen LogP contribution >= 0.6 is 0 Å². The van der Waals surface area contributed by atoms with E-state index in [-0.39, 0.29) is 0 Å². The molecule has 6 heteroatoms. The van der Waals surface area contributed by atoms with Gasteiger partial charge in [0.2, 0.25) is 5.91 Å². The number of hydrogen-bond acceptors (Lipinski definition) is 4. The monoisotopic (exact) mass is 259 g/mol. The average Bonchev–Trinajstić information content (AvgIpc) is 2.64. The first-order valence-electron chi connectivity index (χ1n) is 5.67. The topological polar surface area (TPSA) is 88.0 Å². The predicted octanol–water partition coefficient (Wildman–Crippen LogP) is 1.62. The Morgan fingerprint density at radius 2 is 2.16 bits per heavy atom. The maximum atomic E-state index is 11.8. The van der Waals surface area contributed by atoms with E-state index in [1.807, 2.05) is 6.07 Å². The number of anilines is 1. The number of amides is 1. The average molecular weight is 259 g/mol. The van der Waals surface area contributed by atoms with Gasteiger partial charge in [-0.2, -0.15) is 5.26 Å². The molecule has 0 saturated carbocycles. The van der Waals surface area contributed by atoms with Gasteiger partial charge in [0.05, 0.1) is 11.6 Å². The molecule has 2 aromatic rings. The number of carbonyl (C=O) groups excluding carboxylic acids is 1. The lowest BCUT2D eigenvalue weighted by Gasteiger charge is -2.14. The van der Waals surface area contributed by atoms with E-state index in [1.54, 1.807) is 25.2 Å². The first-order chi connectivity index (χ1) is 8.85. The van der Waals surface area contributed by atoms with Crippen LogP contribution in [-0.2, 0) is 11.8 Å². The van der Waals surface area contributed by atoms with E-state index in [0.29, 0.717) is 16.8 Å². The number of nitrogens with one attached hydrogen (secondary N) is 1. The number of oxazole rings is 1. The third kappa shape index (κ3) is 2.22. The Morgan fingerprint density at radius 1 is 1.47 bits per heavy atom. The summed E-state index contributed by atoms with van der Waals surface area (Å²) in [5.74, 6) is -0.872. The van der Waals surface area contributed by atoms with Crippen LogP contribution < -0.4 is 11.1 Å². The highest BCUT2D eigenvalue weighted by Gasteiger charge is 2.27. The molecule has 0 atom stereocenters. The molecule has 0 fully saturated rings. The van der Waals surface area contributed by atoms with Crippen LogP contribution in [0.25, 0.3) is 11.1 Å². The number of carbonyl (C=O) groups is 1. The van der Waals surface area contributed by atoms with Crippen molar-refractivity contribution in [2.45, 2.75) is 13.8 Å². The van der Waals surface area contributed by atoms with Gasteiger partial charge in [-0.1, -0.05) is 0 Å². The summed E-state index contributed by atoms with van der Waals surface area (Å²) in [6.07, 6.45) is 0. The molecular formula is C13H13N3O3. The molecule has 1 aromatic heterocycles. The van der Waals surface area contributed by atoms with Gasteiger partial charge in [-0.05, 0) is 26.0 Å². The molecule has 1 aromatic carbocycles. The Kier molecular flexibility index (Phi) is 2.91. The Labute approximate surface area is 109 Å². The van der Waals surface area contributed by atoms with Crippen molar-refractivity contribution in [3.63, 3.8) is 0 Å². The summed E-state index contributed by atoms with van der Waals surface area (Å²) in [5, 5.41) is 11.5. The van der Waals surface area contributed by atoms with Gasteiger partial charge >= 0.3 is 5.76 Å². The van der Waals surface area contributed by atoms with E-state index in [0.717, 1.165) is 0 Å². The SMILES string of the molecule is Cn1c(=O)oc2cc(NC(=O)C(C)(C)C#N)ccc21. The molecular weight excluding hydrogens is 246 g/mol. The quantitative estimate of drug-likeness (QED) is 0.887. The molecule has 0 bridgehead atoms. The van der Waals surface area contributed by atoms with Crippen LogP contribution in [0.4, 0.5) is 5.69 Å². The molecule has 1 N–H and O–H groups in total. The van der Waals surface area contributed by atoms with Crippen LogP contribution in [0.15, 0.2) is 27.4 Å². The Balaban J connectivity index is 2.36. The minimum atomic E-state index is -1.12. The summed E-state index contributed by atoms with van der Waals surface area (Å²) in [6.45, 7) is 3.06. The Hall–Kier alpha value is -2.55.